The van der Waals surface area contributed by atoms with Crippen LogP contribution in [0.15, 0.2) is 23.1 Å². The summed E-state index contributed by atoms with van der Waals surface area (Å²) in [6.07, 6.45) is 0. The first-order valence-electron chi connectivity index (χ1n) is 8.71. The second kappa shape index (κ2) is 8.41. The van der Waals surface area contributed by atoms with Crippen LogP contribution in [0.2, 0.25) is 5.02 Å². The van der Waals surface area contributed by atoms with Crippen LogP contribution >= 0.6 is 11.6 Å². The third kappa shape index (κ3) is 4.51. The minimum atomic E-state index is -3.65. The quantitative estimate of drug-likeness (QED) is 0.757. The predicted octanol–water partition coefficient (Wildman–Crippen LogP) is 3.13. The SMILES string of the molecule is CCN(CC)S(=O)(=O)c1c(C)nn(CC(=O)Nc2ccc(C)cc2Cl)c1C. The van der Waals surface area contributed by atoms with Crippen LogP contribution in [0.5, 0.6) is 0 Å². The van der Waals surface area contributed by atoms with Crippen LogP contribution in [0.1, 0.15) is 30.8 Å². The third-order valence-corrected chi connectivity index (χ3v) is 6.93. The molecule has 2 rings (SSSR count). The highest BCUT2D eigenvalue weighted by atomic mass is 35.5. The zero-order valence-electron chi connectivity index (χ0n) is 16.2. The Morgan fingerprint density at radius 3 is 2.41 bits per heavy atom. The number of nitrogens with one attached hydrogen (secondary N) is 1. The summed E-state index contributed by atoms with van der Waals surface area (Å²) >= 11 is 6.14. The maximum Gasteiger partial charge on any atom is 0.246 e. The highest BCUT2D eigenvalue weighted by Gasteiger charge is 2.29. The Labute approximate surface area is 165 Å². The summed E-state index contributed by atoms with van der Waals surface area (Å²) in [4.78, 5) is 12.6. The number of aromatic nitrogens is 2. The third-order valence-electron chi connectivity index (χ3n) is 4.31. The van der Waals surface area contributed by atoms with Crippen LogP contribution in [-0.2, 0) is 21.4 Å². The molecule has 0 aliphatic carbocycles. The van der Waals surface area contributed by atoms with Crippen molar-refractivity contribution in [1.82, 2.24) is 14.1 Å². The average Bonchev–Trinajstić information content (AvgIpc) is 2.85. The highest BCUT2D eigenvalue weighted by Crippen LogP contribution is 2.25. The lowest BCUT2D eigenvalue weighted by Crippen LogP contribution is -2.31. The van der Waals surface area contributed by atoms with Gasteiger partial charge in [-0.2, -0.15) is 9.40 Å². The Balaban J connectivity index is 2.27. The Bertz CT molecular complexity index is 950. The molecule has 1 amide bonds. The lowest BCUT2D eigenvalue weighted by atomic mass is 10.2. The van der Waals surface area contributed by atoms with Crippen LogP contribution in [0.25, 0.3) is 0 Å². The smallest absolute Gasteiger partial charge is 0.246 e. The largest absolute Gasteiger partial charge is 0.323 e. The van der Waals surface area contributed by atoms with E-state index in [-0.39, 0.29) is 17.3 Å². The standard InChI is InChI=1S/C18H25ClN4O3S/c1-6-22(7-2)27(25,26)18-13(4)21-23(14(18)5)11-17(24)20-16-9-8-12(3)10-15(16)19/h8-10H,6-7,11H2,1-5H3,(H,20,24). The Hall–Kier alpha value is -1.90. The van der Waals surface area contributed by atoms with Crippen molar-refractivity contribution < 1.29 is 13.2 Å². The first-order valence-corrected chi connectivity index (χ1v) is 10.5. The van der Waals surface area contributed by atoms with Gasteiger partial charge < -0.3 is 5.32 Å². The summed E-state index contributed by atoms with van der Waals surface area (Å²) in [5, 5.41) is 7.44. The van der Waals surface area contributed by atoms with Gasteiger partial charge in [0, 0.05) is 13.1 Å². The summed E-state index contributed by atoms with van der Waals surface area (Å²) in [5.74, 6) is -0.335. The number of aryl methyl sites for hydroxylation is 2. The maximum absolute atomic E-state index is 12.9. The average molecular weight is 413 g/mol. The molecule has 0 aliphatic rings. The molecule has 0 bridgehead atoms. The summed E-state index contributed by atoms with van der Waals surface area (Å²) in [7, 11) is -3.65. The lowest BCUT2D eigenvalue weighted by Gasteiger charge is -2.18. The summed E-state index contributed by atoms with van der Waals surface area (Å²) in [6.45, 7) is 9.40. The zero-order valence-corrected chi connectivity index (χ0v) is 17.8. The molecule has 0 fully saturated rings. The van der Waals surface area contributed by atoms with Gasteiger partial charge in [-0.3, -0.25) is 9.48 Å². The number of carbonyl (C=O) groups excluding carboxylic acids is 1. The first kappa shape index (κ1) is 21.4. The number of sulfonamides is 1. The van der Waals surface area contributed by atoms with Gasteiger partial charge in [0.1, 0.15) is 11.4 Å². The number of anilines is 1. The fraction of sp³-hybridized carbons (Fsp3) is 0.444. The molecule has 0 spiro atoms. The Morgan fingerprint density at radius 2 is 1.85 bits per heavy atom. The van der Waals surface area contributed by atoms with Gasteiger partial charge in [0.15, 0.2) is 0 Å². The monoisotopic (exact) mass is 412 g/mol. The minimum Gasteiger partial charge on any atom is -0.323 e. The number of hydrogen-bond acceptors (Lipinski definition) is 4. The number of benzene rings is 1. The molecule has 0 saturated carbocycles. The Kier molecular flexibility index (Phi) is 6.67. The maximum atomic E-state index is 12.9. The lowest BCUT2D eigenvalue weighted by molar-refractivity contribution is -0.116. The van der Waals surface area contributed by atoms with Gasteiger partial charge in [-0.15, -0.1) is 0 Å². The number of carbonyl (C=O) groups is 1. The van der Waals surface area contributed by atoms with Gasteiger partial charge in [-0.05, 0) is 38.5 Å². The van der Waals surface area contributed by atoms with E-state index in [1.54, 1.807) is 39.8 Å². The van der Waals surface area contributed by atoms with E-state index in [2.05, 4.69) is 10.4 Å². The molecule has 148 valence electrons. The number of hydrogen-bond donors (Lipinski definition) is 1. The van der Waals surface area contributed by atoms with Crippen LogP contribution in [0, 0.1) is 20.8 Å². The number of nitrogens with zero attached hydrogens (tertiary/aromatic N) is 3. The molecule has 0 saturated heterocycles. The topological polar surface area (TPSA) is 84.3 Å². The van der Waals surface area contributed by atoms with Crippen molar-refractivity contribution in [2.75, 3.05) is 18.4 Å². The van der Waals surface area contributed by atoms with Crippen molar-refractivity contribution in [3.05, 3.63) is 40.2 Å². The van der Waals surface area contributed by atoms with Gasteiger partial charge >= 0.3 is 0 Å². The molecule has 1 aromatic carbocycles. The molecule has 7 nitrogen and oxygen atoms in total. The van der Waals surface area contributed by atoms with Gasteiger partial charge in [-0.1, -0.05) is 31.5 Å². The zero-order chi connectivity index (χ0) is 20.4. The number of halogens is 1. The van der Waals surface area contributed by atoms with Crippen molar-refractivity contribution >= 4 is 33.2 Å². The van der Waals surface area contributed by atoms with E-state index < -0.39 is 10.0 Å². The van der Waals surface area contributed by atoms with Crippen molar-refractivity contribution in [2.24, 2.45) is 0 Å². The van der Waals surface area contributed by atoms with E-state index in [0.717, 1.165) is 5.56 Å². The molecule has 9 heteroatoms. The summed E-state index contributed by atoms with van der Waals surface area (Å²) < 4.78 is 28.5. The van der Waals surface area contributed by atoms with Crippen LogP contribution in [0.3, 0.4) is 0 Å². The summed E-state index contributed by atoms with van der Waals surface area (Å²) in [5.41, 5.74) is 2.30. The van der Waals surface area contributed by atoms with E-state index in [0.29, 0.717) is 35.2 Å². The fourth-order valence-electron chi connectivity index (χ4n) is 2.95. The normalized spacial score (nSPS) is 11.8. The van der Waals surface area contributed by atoms with Crippen molar-refractivity contribution in [1.29, 1.82) is 0 Å². The molecule has 1 N–H and O–H groups in total. The second-order valence-electron chi connectivity index (χ2n) is 6.28. The van der Waals surface area contributed by atoms with Gasteiger partial charge in [-0.25, -0.2) is 8.42 Å². The van der Waals surface area contributed by atoms with Crippen LogP contribution in [0.4, 0.5) is 5.69 Å². The molecule has 0 aliphatic heterocycles. The molecule has 27 heavy (non-hydrogen) atoms. The number of amides is 1. The van der Waals surface area contributed by atoms with E-state index in [9.17, 15) is 13.2 Å². The fourth-order valence-corrected chi connectivity index (χ4v) is 5.06. The molecule has 1 aromatic heterocycles. The first-order chi connectivity index (χ1) is 12.6. The molecular formula is C18H25ClN4O3S. The molecule has 1 heterocycles. The van der Waals surface area contributed by atoms with Gasteiger partial charge in [0.25, 0.3) is 0 Å². The van der Waals surface area contributed by atoms with E-state index >= 15 is 0 Å². The Morgan fingerprint density at radius 1 is 1.22 bits per heavy atom. The molecule has 0 radical (unpaired) electrons. The van der Waals surface area contributed by atoms with Gasteiger partial charge in [0.05, 0.1) is 22.1 Å². The second-order valence-corrected chi connectivity index (χ2v) is 8.56. The van der Waals surface area contributed by atoms with Crippen molar-refractivity contribution in [3.63, 3.8) is 0 Å². The van der Waals surface area contributed by atoms with Gasteiger partial charge in [0.2, 0.25) is 15.9 Å². The van der Waals surface area contributed by atoms with E-state index in [4.69, 9.17) is 11.6 Å². The molecule has 2 aromatic rings. The highest BCUT2D eigenvalue weighted by molar-refractivity contribution is 7.89. The van der Waals surface area contributed by atoms with E-state index in [1.807, 2.05) is 13.0 Å². The summed E-state index contributed by atoms with van der Waals surface area (Å²) in [6, 6.07) is 5.34. The molecule has 0 unspecified atom stereocenters. The van der Waals surface area contributed by atoms with Crippen molar-refractivity contribution in [2.45, 2.75) is 46.1 Å². The molecular weight excluding hydrogens is 388 g/mol. The predicted molar refractivity (Wildman–Crippen MR) is 107 cm³/mol. The van der Waals surface area contributed by atoms with Crippen LogP contribution in [-0.4, -0.2) is 41.5 Å². The molecule has 0 atom stereocenters. The minimum absolute atomic E-state index is 0.106. The van der Waals surface area contributed by atoms with E-state index in [1.165, 1.54) is 8.99 Å². The van der Waals surface area contributed by atoms with Crippen LogP contribution < -0.4 is 5.32 Å². The van der Waals surface area contributed by atoms with Crippen molar-refractivity contribution in [3.8, 4) is 0 Å². The number of rotatable bonds is 7.